The third-order valence-electron chi connectivity index (χ3n) is 6.07. The summed E-state index contributed by atoms with van der Waals surface area (Å²) in [5.74, 6) is 1.87. The Morgan fingerprint density at radius 1 is 1.19 bits per heavy atom. The Hall–Kier alpha value is -2.88. The van der Waals surface area contributed by atoms with Gasteiger partial charge in [0.1, 0.15) is 17.4 Å². The van der Waals surface area contributed by atoms with Crippen molar-refractivity contribution < 1.29 is 18.0 Å². The van der Waals surface area contributed by atoms with Crippen LogP contribution in [0.1, 0.15) is 30.9 Å². The number of Topliss-reactive ketones (excluding diaryl/α,β-unsaturated/α-hetero) is 1. The van der Waals surface area contributed by atoms with E-state index >= 15 is 0 Å². The summed E-state index contributed by atoms with van der Waals surface area (Å²) >= 11 is 0. The van der Waals surface area contributed by atoms with E-state index in [4.69, 9.17) is 0 Å². The van der Waals surface area contributed by atoms with Crippen LogP contribution >= 0.6 is 0 Å². The molecule has 7 nitrogen and oxygen atoms in total. The average Bonchev–Trinajstić information content (AvgIpc) is 3.10. The number of likely N-dealkylation sites (tertiary alicyclic amines) is 1. The molecule has 0 aliphatic carbocycles. The van der Waals surface area contributed by atoms with E-state index in [1.54, 1.807) is 11.1 Å². The molecule has 1 aliphatic heterocycles. The van der Waals surface area contributed by atoms with E-state index in [2.05, 4.69) is 20.2 Å². The van der Waals surface area contributed by atoms with Gasteiger partial charge >= 0.3 is 6.18 Å². The minimum absolute atomic E-state index is 0.00836. The van der Waals surface area contributed by atoms with E-state index in [0.717, 1.165) is 28.1 Å². The van der Waals surface area contributed by atoms with E-state index in [-0.39, 0.29) is 24.7 Å². The van der Waals surface area contributed by atoms with Crippen LogP contribution in [0.3, 0.4) is 0 Å². The molecule has 10 heteroatoms. The molecule has 170 valence electrons. The number of hydrogen-bond acceptors (Lipinski definition) is 6. The Balaban J connectivity index is 1.41. The number of hydrogen-bond donors (Lipinski definition) is 0. The van der Waals surface area contributed by atoms with Crippen LogP contribution < -0.4 is 0 Å². The monoisotopic (exact) mass is 446 g/mol. The van der Waals surface area contributed by atoms with Crippen LogP contribution in [0.2, 0.25) is 0 Å². The predicted octanol–water partition coefficient (Wildman–Crippen LogP) is 3.51. The summed E-state index contributed by atoms with van der Waals surface area (Å²) in [6.45, 7) is 2.88. The standard InChI is InChI=1S/C22H25F3N6O/c1-14-28-29-21(30(14)2)16-3-4-17-13-26-20(27-18(17)11-16)12-19(32)15-5-8-31(9-6-15)10-7-22(23,24)25/h3-4,11,13,15H,5-10,12H2,1-2H3. The van der Waals surface area contributed by atoms with Gasteiger partial charge in [-0.3, -0.25) is 4.79 Å². The second-order valence-electron chi connectivity index (χ2n) is 8.31. The van der Waals surface area contributed by atoms with Gasteiger partial charge in [0.2, 0.25) is 0 Å². The van der Waals surface area contributed by atoms with Crippen LogP contribution in [0, 0.1) is 12.8 Å². The van der Waals surface area contributed by atoms with Crippen molar-refractivity contribution >= 4 is 16.7 Å². The molecule has 1 aliphatic rings. The SMILES string of the molecule is Cc1nnc(-c2ccc3cnc(CC(=O)C4CCN(CCC(F)(F)F)CC4)nc3c2)n1C. The fourth-order valence-corrected chi connectivity index (χ4v) is 4.01. The third kappa shape index (κ3) is 5.12. The second-order valence-corrected chi connectivity index (χ2v) is 8.31. The van der Waals surface area contributed by atoms with Crippen molar-refractivity contribution in [2.45, 2.75) is 38.8 Å². The van der Waals surface area contributed by atoms with Crippen LogP contribution in [0.25, 0.3) is 22.3 Å². The van der Waals surface area contributed by atoms with Gasteiger partial charge in [-0.2, -0.15) is 13.2 Å². The first-order valence-electron chi connectivity index (χ1n) is 10.6. The molecule has 1 fully saturated rings. The fourth-order valence-electron chi connectivity index (χ4n) is 4.01. The lowest BCUT2D eigenvalue weighted by molar-refractivity contribution is -0.139. The van der Waals surface area contributed by atoms with Gasteiger partial charge in [-0.1, -0.05) is 12.1 Å². The van der Waals surface area contributed by atoms with Crippen molar-refractivity contribution in [1.29, 1.82) is 0 Å². The molecule has 32 heavy (non-hydrogen) atoms. The lowest BCUT2D eigenvalue weighted by atomic mass is 9.90. The van der Waals surface area contributed by atoms with Crippen molar-refractivity contribution in [3.05, 3.63) is 36.0 Å². The first-order chi connectivity index (χ1) is 15.2. The number of nitrogens with zero attached hydrogens (tertiary/aromatic N) is 6. The summed E-state index contributed by atoms with van der Waals surface area (Å²) in [5.41, 5.74) is 1.60. The van der Waals surface area contributed by atoms with Crippen LogP contribution in [0.15, 0.2) is 24.4 Å². The number of benzene rings is 1. The van der Waals surface area contributed by atoms with Gasteiger partial charge in [-0.05, 0) is 38.9 Å². The van der Waals surface area contributed by atoms with Crippen molar-refractivity contribution in [2.24, 2.45) is 13.0 Å². The Morgan fingerprint density at radius 2 is 1.94 bits per heavy atom. The number of alkyl halides is 3. The molecule has 3 aromatic rings. The minimum Gasteiger partial charge on any atom is -0.314 e. The summed E-state index contributed by atoms with van der Waals surface area (Å²) in [6, 6.07) is 5.76. The summed E-state index contributed by atoms with van der Waals surface area (Å²) < 4.78 is 39.1. The molecule has 0 radical (unpaired) electrons. The zero-order valence-electron chi connectivity index (χ0n) is 18.1. The molecule has 1 aromatic carbocycles. The van der Waals surface area contributed by atoms with Crippen LogP contribution in [-0.4, -0.2) is 61.2 Å². The highest BCUT2D eigenvalue weighted by Crippen LogP contribution is 2.25. The number of piperidine rings is 1. The largest absolute Gasteiger partial charge is 0.390 e. The first-order valence-corrected chi connectivity index (χ1v) is 10.6. The van der Waals surface area contributed by atoms with E-state index in [1.165, 1.54) is 0 Å². The third-order valence-corrected chi connectivity index (χ3v) is 6.07. The smallest absolute Gasteiger partial charge is 0.314 e. The lowest BCUT2D eigenvalue weighted by Gasteiger charge is -2.31. The molecule has 4 rings (SSSR count). The highest BCUT2D eigenvalue weighted by atomic mass is 19.4. The summed E-state index contributed by atoms with van der Waals surface area (Å²) in [5, 5.41) is 9.16. The normalized spacial score (nSPS) is 16.0. The van der Waals surface area contributed by atoms with Crippen molar-refractivity contribution in [3.63, 3.8) is 0 Å². The number of rotatable bonds is 6. The van der Waals surface area contributed by atoms with E-state index in [1.807, 2.05) is 36.7 Å². The predicted molar refractivity (Wildman–Crippen MR) is 113 cm³/mol. The van der Waals surface area contributed by atoms with E-state index in [0.29, 0.717) is 31.8 Å². The molecular formula is C22H25F3N6O. The number of fused-ring (bicyclic) bond motifs is 1. The second kappa shape index (κ2) is 8.93. The Morgan fingerprint density at radius 3 is 2.59 bits per heavy atom. The molecule has 0 bridgehead atoms. The molecule has 0 amide bonds. The highest BCUT2D eigenvalue weighted by Gasteiger charge is 2.30. The number of carbonyl (C=O) groups excluding carboxylic acids is 1. The topological polar surface area (TPSA) is 76.8 Å². The maximum absolute atomic E-state index is 12.8. The number of aromatic nitrogens is 5. The summed E-state index contributed by atoms with van der Waals surface area (Å²) in [6.07, 6.45) is -2.00. The average molecular weight is 446 g/mol. The zero-order valence-corrected chi connectivity index (χ0v) is 18.1. The molecule has 2 aromatic heterocycles. The minimum atomic E-state index is -4.15. The van der Waals surface area contributed by atoms with Gasteiger partial charge in [0.25, 0.3) is 0 Å². The van der Waals surface area contributed by atoms with Gasteiger partial charge < -0.3 is 9.47 Å². The molecule has 3 heterocycles. The fraction of sp³-hybridized carbons (Fsp3) is 0.500. The van der Waals surface area contributed by atoms with Crippen molar-refractivity contribution in [2.75, 3.05) is 19.6 Å². The van der Waals surface area contributed by atoms with Gasteiger partial charge in [0, 0.05) is 36.7 Å². The molecular weight excluding hydrogens is 421 g/mol. The zero-order chi connectivity index (χ0) is 22.9. The van der Waals surface area contributed by atoms with Gasteiger partial charge in [0.15, 0.2) is 5.82 Å². The molecule has 0 N–H and O–H groups in total. The van der Waals surface area contributed by atoms with Gasteiger partial charge in [-0.15, -0.1) is 10.2 Å². The molecule has 0 atom stereocenters. The number of aryl methyl sites for hydroxylation is 1. The molecule has 0 unspecified atom stereocenters. The van der Waals surface area contributed by atoms with E-state index in [9.17, 15) is 18.0 Å². The Bertz CT molecular complexity index is 1120. The van der Waals surface area contributed by atoms with E-state index < -0.39 is 12.6 Å². The first kappa shape index (κ1) is 22.3. The Kier molecular flexibility index (Phi) is 6.23. The number of halogens is 3. The number of ketones is 1. The van der Waals surface area contributed by atoms with Crippen molar-refractivity contribution in [1.82, 2.24) is 29.6 Å². The molecule has 0 saturated carbocycles. The maximum Gasteiger partial charge on any atom is 0.390 e. The van der Waals surface area contributed by atoms with Crippen LogP contribution in [0.4, 0.5) is 13.2 Å². The van der Waals surface area contributed by atoms with Crippen LogP contribution in [0.5, 0.6) is 0 Å². The number of carbonyl (C=O) groups is 1. The highest BCUT2D eigenvalue weighted by molar-refractivity contribution is 5.85. The maximum atomic E-state index is 12.8. The van der Waals surface area contributed by atoms with Crippen LogP contribution in [-0.2, 0) is 18.3 Å². The quantitative estimate of drug-likeness (QED) is 0.577. The van der Waals surface area contributed by atoms with Gasteiger partial charge in [-0.25, -0.2) is 9.97 Å². The molecule has 1 saturated heterocycles. The molecule has 0 spiro atoms. The van der Waals surface area contributed by atoms with Crippen molar-refractivity contribution in [3.8, 4) is 11.4 Å². The summed E-state index contributed by atoms with van der Waals surface area (Å²) in [7, 11) is 1.90. The Labute approximate surface area is 183 Å². The van der Waals surface area contributed by atoms with Gasteiger partial charge in [0.05, 0.1) is 18.4 Å². The lowest BCUT2D eigenvalue weighted by Crippen LogP contribution is -2.38. The summed E-state index contributed by atoms with van der Waals surface area (Å²) in [4.78, 5) is 23.5.